The molecule has 0 aromatic heterocycles. The third-order valence-corrected chi connectivity index (χ3v) is 2.88. The quantitative estimate of drug-likeness (QED) is 0.690. The second-order valence-corrected chi connectivity index (χ2v) is 4.78. The van der Waals surface area contributed by atoms with Crippen LogP contribution in [0.25, 0.3) is 6.08 Å². The molecule has 4 heteroatoms. The summed E-state index contributed by atoms with van der Waals surface area (Å²) in [4.78, 5) is 11.5. The van der Waals surface area contributed by atoms with Crippen molar-refractivity contribution in [2.24, 2.45) is 5.73 Å². The number of aryl methyl sites for hydroxylation is 1. The van der Waals surface area contributed by atoms with Crippen molar-refractivity contribution in [2.45, 2.75) is 6.92 Å². The Kier molecular flexibility index (Phi) is 4.43. The fourth-order valence-electron chi connectivity index (χ4n) is 1.67. The first-order chi connectivity index (χ1) is 9.54. The van der Waals surface area contributed by atoms with Gasteiger partial charge in [-0.1, -0.05) is 35.9 Å². The lowest BCUT2D eigenvalue weighted by atomic mass is 10.2. The van der Waals surface area contributed by atoms with Crippen molar-refractivity contribution in [2.75, 3.05) is 0 Å². The Balaban J connectivity index is 2.27. The Morgan fingerprint density at radius 2 is 1.90 bits per heavy atom. The number of nitrogens with two attached hydrogens (primary N) is 1. The molecule has 3 nitrogen and oxygen atoms in total. The van der Waals surface area contributed by atoms with Gasteiger partial charge in [-0.15, -0.1) is 0 Å². The minimum atomic E-state index is -0.624. The van der Waals surface area contributed by atoms with Gasteiger partial charge in [0.1, 0.15) is 5.75 Å². The molecule has 2 aromatic rings. The third kappa shape index (κ3) is 3.87. The van der Waals surface area contributed by atoms with Gasteiger partial charge in [0, 0.05) is 5.02 Å². The number of carbonyl (C=O) groups excluding carboxylic acids is 1. The van der Waals surface area contributed by atoms with E-state index in [4.69, 9.17) is 22.1 Å². The molecule has 0 atom stereocenters. The fraction of sp³-hybridized carbons (Fsp3) is 0.0625. The van der Waals surface area contributed by atoms with Crippen molar-refractivity contribution in [1.29, 1.82) is 0 Å². The van der Waals surface area contributed by atoms with Crippen LogP contribution in [0.1, 0.15) is 11.1 Å². The maximum Gasteiger partial charge on any atom is 0.284 e. The highest BCUT2D eigenvalue weighted by atomic mass is 35.5. The zero-order valence-electron chi connectivity index (χ0n) is 11.0. The van der Waals surface area contributed by atoms with Crippen molar-refractivity contribution in [3.8, 4) is 5.75 Å². The van der Waals surface area contributed by atoms with E-state index in [2.05, 4.69) is 0 Å². The summed E-state index contributed by atoms with van der Waals surface area (Å²) in [5, 5.41) is 0.627. The van der Waals surface area contributed by atoms with Crippen LogP contribution in [0.3, 0.4) is 0 Å². The number of primary amides is 1. The summed E-state index contributed by atoms with van der Waals surface area (Å²) < 4.78 is 5.54. The highest BCUT2D eigenvalue weighted by molar-refractivity contribution is 6.30. The summed E-state index contributed by atoms with van der Waals surface area (Å²) >= 11 is 5.81. The van der Waals surface area contributed by atoms with E-state index in [-0.39, 0.29) is 5.76 Å². The predicted molar refractivity (Wildman–Crippen MR) is 80.4 cm³/mol. The van der Waals surface area contributed by atoms with E-state index in [9.17, 15) is 4.79 Å². The van der Waals surface area contributed by atoms with Gasteiger partial charge >= 0.3 is 0 Å². The second-order valence-electron chi connectivity index (χ2n) is 4.34. The van der Waals surface area contributed by atoms with Gasteiger partial charge in [0.05, 0.1) is 0 Å². The van der Waals surface area contributed by atoms with Crippen molar-refractivity contribution < 1.29 is 9.53 Å². The highest BCUT2D eigenvalue weighted by Crippen LogP contribution is 2.18. The van der Waals surface area contributed by atoms with E-state index >= 15 is 0 Å². The van der Waals surface area contributed by atoms with Crippen LogP contribution in [0, 0.1) is 6.92 Å². The molecule has 0 saturated heterocycles. The average Bonchev–Trinajstić information content (AvgIpc) is 2.40. The number of amides is 1. The molecule has 2 aromatic carbocycles. The van der Waals surface area contributed by atoms with Crippen LogP contribution in [-0.4, -0.2) is 5.91 Å². The molecule has 0 radical (unpaired) electrons. The van der Waals surface area contributed by atoms with Gasteiger partial charge in [0.25, 0.3) is 5.91 Å². The van der Waals surface area contributed by atoms with Gasteiger partial charge in [0.15, 0.2) is 5.76 Å². The van der Waals surface area contributed by atoms with Crippen LogP contribution >= 0.6 is 11.6 Å². The SMILES string of the molecule is Cc1cccc(O/C(=C\c2ccc(Cl)cc2)C(N)=O)c1. The smallest absolute Gasteiger partial charge is 0.284 e. The van der Waals surface area contributed by atoms with Gasteiger partial charge in [-0.05, 0) is 48.4 Å². The number of ether oxygens (including phenoxy) is 1. The number of rotatable bonds is 4. The molecule has 2 rings (SSSR count). The van der Waals surface area contributed by atoms with Crippen molar-refractivity contribution in [3.63, 3.8) is 0 Å². The zero-order chi connectivity index (χ0) is 14.5. The lowest BCUT2D eigenvalue weighted by molar-refractivity contribution is -0.116. The molecule has 0 bridgehead atoms. The monoisotopic (exact) mass is 287 g/mol. The molecule has 0 aliphatic heterocycles. The van der Waals surface area contributed by atoms with E-state index in [1.165, 1.54) is 0 Å². The van der Waals surface area contributed by atoms with Crippen LogP contribution in [-0.2, 0) is 4.79 Å². The second kappa shape index (κ2) is 6.26. The minimum Gasteiger partial charge on any atom is -0.452 e. The molecule has 2 N–H and O–H groups in total. The summed E-state index contributed by atoms with van der Waals surface area (Å²) in [6, 6.07) is 14.4. The van der Waals surface area contributed by atoms with E-state index in [1.54, 1.807) is 36.4 Å². The van der Waals surface area contributed by atoms with Crippen LogP contribution in [0.4, 0.5) is 0 Å². The first kappa shape index (κ1) is 14.2. The Morgan fingerprint density at radius 3 is 2.50 bits per heavy atom. The molecule has 1 amide bonds. The Morgan fingerprint density at radius 1 is 1.20 bits per heavy atom. The maximum atomic E-state index is 11.5. The molecule has 0 saturated carbocycles. The summed E-state index contributed by atoms with van der Waals surface area (Å²) in [6.07, 6.45) is 1.58. The Hall–Kier alpha value is -2.26. The van der Waals surface area contributed by atoms with Gasteiger partial charge in [-0.2, -0.15) is 0 Å². The average molecular weight is 288 g/mol. The van der Waals surface area contributed by atoms with Crippen LogP contribution in [0.5, 0.6) is 5.75 Å². The van der Waals surface area contributed by atoms with E-state index in [0.29, 0.717) is 10.8 Å². The van der Waals surface area contributed by atoms with Crippen molar-refractivity contribution in [1.82, 2.24) is 0 Å². The number of hydrogen-bond acceptors (Lipinski definition) is 2. The van der Waals surface area contributed by atoms with Gasteiger partial charge in [-0.3, -0.25) is 4.79 Å². The minimum absolute atomic E-state index is 0.0814. The summed E-state index contributed by atoms with van der Waals surface area (Å²) in [6.45, 7) is 1.94. The molecular weight excluding hydrogens is 274 g/mol. The van der Waals surface area contributed by atoms with Gasteiger partial charge < -0.3 is 10.5 Å². The van der Waals surface area contributed by atoms with Crippen LogP contribution in [0.2, 0.25) is 5.02 Å². The first-order valence-electron chi connectivity index (χ1n) is 6.06. The van der Waals surface area contributed by atoms with Crippen LogP contribution in [0.15, 0.2) is 54.3 Å². The van der Waals surface area contributed by atoms with Crippen molar-refractivity contribution >= 4 is 23.6 Å². The first-order valence-corrected chi connectivity index (χ1v) is 6.44. The molecule has 0 unspecified atom stereocenters. The van der Waals surface area contributed by atoms with E-state index in [1.807, 2.05) is 25.1 Å². The molecule has 0 aliphatic rings. The number of carbonyl (C=O) groups is 1. The number of hydrogen-bond donors (Lipinski definition) is 1. The van der Waals surface area contributed by atoms with Crippen molar-refractivity contribution in [3.05, 3.63) is 70.4 Å². The zero-order valence-corrected chi connectivity index (χ0v) is 11.7. The summed E-state index contributed by atoms with van der Waals surface area (Å²) in [5.41, 5.74) is 7.17. The number of halogens is 1. The molecule has 0 spiro atoms. The Bertz CT molecular complexity index is 648. The lowest BCUT2D eigenvalue weighted by Crippen LogP contribution is -2.18. The van der Waals surface area contributed by atoms with Crippen LogP contribution < -0.4 is 10.5 Å². The molecule has 0 fully saturated rings. The third-order valence-electron chi connectivity index (χ3n) is 2.63. The highest BCUT2D eigenvalue weighted by Gasteiger charge is 2.08. The molecule has 102 valence electrons. The lowest BCUT2D eigenvalue weighted by Gasteiger charge is -2.08. The normalized spacial score (nSPS) is 11.2. The predicted octanol–water partition coefficient (Wildman–Crippen LogP) is 3.55. The summed E-state index contributed by atoms with van der Waals surface area (Å²) in [5.74, 6) is 0.0309. The topological polar surface area (TPSA) is 52.3 Å². The van der Waals surface area contributed by atoms with E-state index < -0.39 is 5.91 Å². The fourth-order valence-corrected chi connectivity index (χ4v) is 1.79. The molecular formula is C16H14ClNO2. The van der Waals surface area contributed by atoms with Gasteiger partial charge in [0.2, 0.25) is 0 Å². The summed E-state index contributed by atoms with van der Waals surface area (Å²) in [7, 11) is 0. The van der Waals surface area contributed by atoms with E-state index in [0.717, 1.165) is 11.1 Å². The standard InChI is InChI=1S/C16H14ClNO2/c1-11-3-2-4-14(9-11)20-15(16(18)19)10-12-5-7-13(17)8-6-12/h2-10H,1H3,(H2,18,19)/b15-10-. The number of benzene rings is 2. The molecule has 0 aliphatic carbocycles. The largest absolute Gasteiger partial charge is 0.452 e. The molecule has 0 heterocycles. The Labute approximate surface area is 122 Å². The maximum absolute atomic E-state index is 11.5. The molecule has 20 heavy (non-hydrogen) atoms. The van der Waals surface area contributed by atoms with Gasteiger partial charge in [-0.25, -0.2) is 0 Å².